The molecule has 88 valence electrons. The van der Waals surface area contributed by atoms with Crippen molar-refractivity contribution in [3.05, 3.63) is 0 Å². The van der Waals surface area contributed by atoms with E-state index in [9.17, 15) is 0 Å². The summed E-state index contributed by atoms with van der Waals surface area (Å²) in [6.45, 7) is 8.38. The van der Waals surface area contributed by atoms with Crippen molar-refractivity contribution in [2.75, 3.05) is 19.6 Å². The van der Waals surface area contributed by atoms with Crippen LogP contribution in [0.25, 0.3) is 0 Å². The van der Waals surface area contributed by atoms with E-state index in [1.165, 1.54) is 51.7 Å². The van der Waals surface area contributed by atoms with Crippen molar-refractivity contribution < 1.29 is 0 Å². The van der Waals surface area contributed by atoms with Crippen LogP contribution < -0.4 is 5.32 Å². The van der Waals surface area contributed by atoms with Crippen molar-refractivity contribution in [2.24, 2.45) is 5.92 Å². The predicted octanol–water partition coefficient (Wildman–Crippen LogP) is 2.25. The third-order valence-corrected chi connectivity index (χ3v) is 4.35. The van der Waals surface area contributed by atoms with E-state index in [2.05, 4.69) is 24.1 Å². The van der Waals surface area contributed by atoms with E-state index in [4.69, 9.17) is 0 Å². The molecule has 2 nitrogen and oxygen atoms in total. The number of hydrogen-bond acceptors (Lipinski definition) is 2. The van der Waals surface area contributed by atoms with Crippen LogP contribution in [-0.4, -0.2) is 36.6 Å². The largest absolute Gasteiger partial charge is 0.314 e. The summed E-state index contributed by atoms with van der Waals surface area (Å²) >= 11 is 0. The Morgan fingerprint density at radius 2 is 2.20 bits per heavy atom. The van der Waals surface area contributed by atoms with E-state index >= 15 is 0 Å². The van der Waals surface area contributed by atoms with E-state index in [0.717, 1.165) is 18.0 Å². The lowest BCUT2D eigenvalue weighted by atomic mass is 9.83. The van der Waals surface area contributed by atoms with Crippen LogP contribution in [0.4, 0.5) is 0 Å². The second-order valence-electron chi connectivity index (χ2n) is 5.39. The van der Waals surface area contributed by atoms with Crippen LogP contribution in [0.3, 0.4) is 0 Å². The molecular formula is C13H26N2. The summed E-state index contributed by atoms with van der Waals surface area (Å²) < 4.78 is 0. The summed E-state index contributed by atoms with van der Waals surface area (Å²) in [5.41, 5.74) is 0. The fraction of sp³-hybridized carbons (Fsp3) is 1.00. The molecule has 3 unspecified atom stereocenters. The zero-order chi connectivity index (χ0) is 10.7. The summed E-state index contributed by atoms with van der Waals surface area (Å²) in [6, 6.07) is 1.64. The molecule has 2 aliphatic rings. The van der Waals surface area contributed by atoms with E-state index in [1.54, 1.807) is 0 Å². The number of piperazine rings is 1. The summed E-state index contributed by atoms with van der Waals surface area (Å²) in [7, 11) is 0. The first-order valence-electron chi connectivity index (χ1n) is 6.77. The lowest BCUT2D eigenvalue weighted by Crippen LogP contribution is -2.54. The van der Waals surface area contributed by atoms with Crippen molar-refractivity contribution in [3.63, 3.8) is 0 Å². The standard InChI is InChI=1S/C13H26N2/c1-3-12-5-4-6-13(9-12)15-8-7-14-10-11(15)2/h11-14H,3-10H2,1-2H3. The first-order chi connectivity index (χ1) is 7.31. The minimum atomic E-state index is 0.749. The van der Waals surface area contributed by atoms with E-state index in [-0.39, 0.29) is 0 Å². The number of rotatable bonds is 2. The van der Waals surface area contributed by atoms with Crippen molar-refractivity contribution in [1.82, 2.24) is 10.2 Å². The molecule has 0 aromatic rings. The maximum absolute atomic E-state index is 3.49. The maximum atomic E-state index is 3.49. The highest BCUT2D eigenvalue weighted by Crippen LogP contribution is 2.30. The zero-order valence-corrected chi connectivity index (χ0v) is 10.3. The second-order valence-corrected chi connectivity index (χ2v) is 5.39. The normalized spacial score (nSPS) is 39.2. The number of nitrogens with zero attached hydrogens (tertiary/aromatic N) is 1. The molecule has 15 heavy (non-hydrogen) atoms. The van der Waals surface area contributed by atoms with Gasteiger partial charge in [-0.2, -0.15) is 0 Å². The third-order valence-electron chi connectivity index (χ3n) is 4.35. The Labute approximate surface area is 94.4 Å². The molecular weight excluding hydrogens is 184 g/mol. The number of hydrogen-bond donors (Lipinski definition) is 1. The lowest BCUT2D eigenvalue weighted by molar-refractivity contribution is 0.0741. The summed E-state index contributed by atoms with van der Waals surface area (Å²) in [6.07, 6.45) is 7.23. The third kappa shape index (κ3) is 2.73. The molecule has 0 bridgehead atoms. The van der Waals surface area contributed by atoms with Gasteiger partial charge in [-0.1, -0.05) is 26.2 Å². The van der Waals surface area contributed by atoms with Gasteiger partial charge in [0.25, 0.3) is 0 Å². The summed E-state index contributed by atoms with van der Waals surface area (Å²) in [5, 5.41) is 3.49. The van der Waals surface area contributed by atoms with Gasteiger partial charge in [0.1, 0.15) is 0 Å². The topological polar surface area (TPSA) is 15.3 Å². The molecule has 1 saturated carbocycles. The molecule has 2 fully saturated rings. The highest BCUT2D eigenvalue weighted by atomic mass is 15.2. The molecule has 0 spiro atoms. The van der Waals surface area contributed by atoms with Crippen LogP contribution in [0.1, 0.15) is 46.0 Å². The Kier molecular flexibility index (Phi) is 4.04. The predicted molar refractivity (Wildman–Crippen MR) is 65.1 cm³/mol. The Morgan fingerprint density at radius 3 is 2.93 bits per heavy atom. The molecule has 2 rings (SSSR count). The number of nitrogens with one attached hydrogen (secondary N) is 1. The fourth-order valence-corrected chi connectivity index (χ4v) is 3.33. The van der Waals surface area contributed by atoms with Crippen molar-refractivity contribution in [3.8, 4) is 0 Å². The first kappa shape index (κ1) is 11.4. The Balaban J connectivity index is 1.90. The monoisotopic (exact) mass is 210 g/mol. The van der Waals surface area contributed by atoms with Crippen LogP contribution in [0.2, 0.25) is 0 Å². The summed E-state index contributed by atoms with van der Waals surface area (Å²) in [4.78, 5) is 2.76. The average Bonchev–Trinajstić information content (AvgIpc) is 2.30. The van der Waals surface area contributed by atoms with Gasteiger partial charge in [-0.25, -0.2) is 0 Å². The molecule has 0 amide bonds. The Bertz CT molecular complexity index is 193. The van der Waals surface area contributed by atoms with Gasteiger partial charge in [0.05, 0.1) is 0 Å². The quantitative estimate of drug-likeness (QED) is 0.752. The molecule has 0 radical (unpaired) electrons. The van der Waals surface area contributed by atoms with Crippen LogP contribution in [0.5, 0.6) is 0 Å². The zero-order valence-electron chi connectivity index (χ0n) is 10.3. The molecule has 1 heterocycles. The first-order valence-corrected chi connectivity index (χ1v) is 6.77. The highest BCUT2D eigenvalue weighted by Gasteiger charge is 2.29. The van der Waals surface area contributed by atoms with Crippen LogP contribution in [0.15, 0.2) is 0 Å². The molecule has 1 saturated heterocycles. The van der Waals surface area contributed by atoms with Gasteiger partial charge in [0, 0.05) is 31.7 Å². The molecule has 0 aromatic heterocycles. The minimum Gasteiger partial charge on any atom is -0.314 e. The Hall–Kier alpha value is -0.0800. The second kappa shape index (κ2) is 5.31. The van der Waals surface area contributed by atoms with Gasteiger partial charge in [0.15, 0.2) is 0 Å². The molecule has 1 aliphatic heterocycles. The van der Waals surface area contributed by atoms with Crippen LogP contribution in [0, 0.1) is 5.92 Å². The highest BCUT2D eigenvalue weighted by molar-refractivity contribution is 4.86. The SMILES string of the molecule is CCC1CCCC(N2CCNCC2C)C1. The van der Waals surface area contributed by atoms with Gasteiger partial charge in [0.2, 0.25) is 0 Å². The molecule has 3 atom stereocenters. The maximum Gasteiger partial charge on any atom is 0.0195 e. The van der Waals surface area contributed by atoms with Crippen molar-refractivity contribution in [1.29, 1.82) is 0 Å². The average molecular weight is 210 g/mol. The van der Waals surface area contributed by atoms with Crippen molar-refractivity contribution in [2.45, 2.75) is 58.0 Å². The van der Waals surface area contributed by atoms with E-state index in [1.807, 2.05) is 0 Å². The molecule has 1 N–H and O–H groups in total. The lowest BCUT2D eigenvalue weighted by Gasteiger charge is -2.43. The van der Waals surface area contributed by atoms with Gasteiger partial charge < -0.3 is 5.32 Å². The van der Waals surface area contributed by atoms with Gasteiger partial charge in [-0.05, 0) is 25.7 Å². The molecule has 0 aromatic carbocycles. The van der Waals surface area contributed by atoms with E-state index < -0.39 is 0 Å². The fourth-order valence-electron chi connectivity index (χ4n) is 3.33. The van der Waals surface area contributed by atoms with Crippen LogP contribution in [-0.2, 0) is 0 Å². The van der Waals surface area contributed by atoms with Gasteiger partial charge >= 0.3 is 0 Å². The molecule has 1 aliphatic carbocycles. The Morgan fingerprint density at radius 1 is 1.33 bits per heavy atom. The van der Waals surface area contributed by atoms with Crippen LogP contribution >= 0.6 is 0 Å². The van der Waals surface area contributed by atoms with E-state index in [0.29, 0.717) is 0 Å². The smallest absolute Gasteiger partial charge is 0.0195 e. The summed E-state index contributed by atoms with van der Waals surface area (Å²) in [5.74, 6) is 1.01. The minimum absolute atomic E-state index is 0.749. The van der Waals surface area contributed by atoms with Crippen molar-refractivity contribution >= 4 is 0 Å². The van der Waals surface area contributed by atoms with Gasteiger partial charge in [-0.3, -0.25) is 4.90 Å². The molecule has 2 heteroatoms. The van der Waals surface area contributed by atoms with Gasteiger partial charge in [-0.15, -0.1) is 0 Å².